The van der Waals surface area contributed by atoms with E-state index in [1.807, 2.05) is 48.5 Å². The second kappa shape index (κ2) is 5.98. The zero-order valence-corrected chi connectivity index (χ0v) is 12.0. The van der Waals surface area contributed by atoms with Crippen LogP contribution in [0.5, 0.6) is 5.75 Å². The lowest BCUT2D eigenvalue weighted by Gasteiger charge is -2.13. The standard InChI is InChI=1S/C19H18O2/c1-14-6-2-3-8-16(14)13-21-19-11-10-15-7-4-5-9-17(15)18(19)12-20/h2-11,20H,12-13H2,1H3. The fourth-order valence-corrected chi connectivity index (χ4v) is 2.54. The van der Waals surface area contributed by atoms with E-state index < -0.39 is 0 Å². The highest BCUT2D eigenvalue weighted by Gasteiger charge is 2.08. The lowest BCUT2D eigenvalue weighted by molar-refractivity contribution is 0.260. The number of aryl methyl sites for hydroxylation is 1. The first kappa shape index (κ1) is 13.7. The number of benzene rings is 3. The molecule has 0 aliphatic carbocycles. The summed E-state index contributed by atoms with van der Waals surface area (Å²) in [7, 11) is 0. The van der Waals surface area contributed by atoms with Gasteiger partial charge in [-0.25, -0.2) is 0 Å². The fourth-order valence-electron chi connectivity index (χ4n) is 2.54. The number of hydrogen-bond acceptors (Lipinski definition) is 2. The van der Waals surface area contributed by atoms with Crippen molar-refractivity contribution in [2.24, 2.45) is 0 Å². The Morgan fingerprint density at radius 2 is 1.67 bits per heavy atom. The summed E-state index contributed by atoms with van der Waals surface area (Å²) in [6.45, 7) is 2.56. The first-order valence-corrected chi connectivity index (χ1v) is 7.08. The summed E-state index contributed by atoms with van der Waals surface area (Å²) in [6, 6.07) is 20.2. The van der Waals surface area contributed by atoms with E-state index in [9.17, 15) is 5.11 Å². The molecule has 0 spiro atoms. The van der Waals surface area contributed by atoms with Gasteiger partial charge in [-0.15, -0.1) is 0 Å². The van der Waals surface area contributed by atoms with E-state index in [0.29, 0.717) is 6.61 Å². The van der Waals surface area contributed by atoms with Crippen molar-refractivity contribution in [1.82, 2.24) is 0 Å². The molecule has 0 aliphatic rings. The van der Waals surface area contributed by atoms with Crippen LogP contribution in [0.25, 0.3) is 10.8 Å². The molecule has 0 saturated carbocycles. The van der Waals surface area contributed by atoms with Gasteiger partial charge in [0.1, 0.15) is 12.4 Å². The molecular formula is C19H18O2. The van der Waals surface area contributed by atoms with Crippen molar-refractivity contribution in [3.63, 3.8) is 0 Å². The number of aliphatic hydroxyl groups excluding tert-OH is 1. The third-order valence-electron chi connectivity index (χ3n) is 3.80. The molecule has 0 unspecified atom stereocenters. The first-order chi connectivity index (χ1) is 10.3. The number of fused-ring (bicyclic) bond motifs is 1. The van der Waals surface area contributed by atoms with Crippen molar-refractivity contribution in [1.29, 1.82) is 0 Å². The highest BCUT2D eigenvalue weighted by molar-refractivity contribution is 5.87. The Morgan fingerprint density at radius 1 is 0.905 bits per heavy atom. The molecule has 3 aromatic carbocycles. The summed E-state index contributed by atoms with van der Waals surface area (Å²) in [5.41, 5.74) is 3.22. The van der Waals surface area contributed by atoms with Crippen molar-refractivity contribution in [3.05, 3.63) is 77.4 Å². The first-order valence-electron chi connectivity index (χ1n) is 7.08. The minimum absolute atomic E-state index is 0.0234. The van der Waals surface area contributed by atoms with Crippen LogP contribution in [0.3, 0.4) is 0 Å². The molecular weight excluding hydrogens is 260 g/mol. The van der Waals surface area contributed by atoms with Crippen molar-refractivity contribution in [3.8, 4) is 5.75 Å². The van der Waals surface area contributed by atoms with Gasteiger partial charge in [0.05, 0.1) is 6.61 Å². The number of ether oxygens (including phenoxy) is 1. The summed E-state index contributed by atoms with van der Waals surface area (Å²) < 4.78 is 5.94. The van der Waals surface area contributed by atoms with Crippen molar-refractivity contribution >= 4 is 10.8 Å². The Labute approximate surface area is 124 Å². The van der Waals surface area contributed by atoms with E-state index in [-0.39, 0.29) is 6.61 Å². The minimum Gasteiger partial charge on any atom is -0.489 e. The Hall–Kier alpha value is -2.32. The Kier molecular flexibility index (Phi) is 3.89. The molecule has 21 heavy (non-hydrogen) atoms. The summed E-state index contributed by atoms with van der Waals surface area (Å²) in [5, 5.41) is 11.8. The van der Waals surface area contributed by atoms with Crippen molar-refractivity contribution in [2.45, 2.75) is 20.1 Å². The van der Waals surface area contributed by atoms with Gasteiger partial charge in [0.15, 0.2) is 0 Å². The molecule has 2 nitrogen and oxygen atoms in total. The zero-order valence-electron chi connectivity index (χ0n) is 12.0. The van der Waals surface area contributed by atoms with E-state index >= 15 is 0 Å². The highest BCUT2D eigenvalue weighted by Crippen LogP contribution is 2.28. The summed E-state index contributed by atoms with van der Waals surface area (Å²) in [6.07, 6.45) is 0. The molecule has 0 fully saturated rings. The number of rotatable bonds is 4. The quantitative estimate of drug-likeness (QED) is 0.774. The van der Waals surface area contributed by atoms with E-state index in [1.54, 1.807) is 0 Å². The maximum atomic E-state index is 9.69. The molecule has 0 saturated heterocycles. The average molecular weight is 278 g/mol. The summed E-state index contributed by atoms with van der Waals surface area (Å²) in [5.74, 6) is 0.749. The van der Waals surface area contributed by atoms with Crippen LogP contribution in [-0.2, 0) is 13.2 Å². The van der Waals surface area contributed by atoms with Gasteiger partial charge in [-0.1, -0.05) is 54.6 Å². The van der Waals surface area contributed by atoms with Crippen LogP contribution in [0.2, 0.25) is 0 Å². The van der Waals surface area contributed by atoms with Gasteiger partial charge in [-0.2, -0.15) is 0 Å². The van der Waals surface area contributed by atoms with E-state index in [2.05, 4.69) is 19.1 Å². The smallest absolute Gasteiger partial charge is 0.125 e. The van der Waals surface area contributed by atoms with Crippen LogP contribution in [0, 0.1) is 6.92 Å². The molecule has 2 heteroatoms. The molecule has 0 heterocycles. The monoisotopic (exact) mass is 278 g/mol. The Morgan fingerprint density at radius 3 is 2.48 bits per heavy atom. The predicted octanol–water partition coefficient (Wildman–Crippen LogP) is 4.22. The third-order valence-corrected chi connectivity index (χ3v) is 3.80. The highest BCUT2D eigenvalue weighted by atomic mass is 16.5. The normalized spacial score (nSPS) is 10.8. The predicted molar refractivity (Wildman–Crippen MR) is 85.4 cm³/mol. The van der Waals surface area contributed by atoms with Gasteiger partial charge in [-0.05, 0) is 34.9 Å². The second-order valence-corrected chi connectivity index (χ2v) is 5.14. The van der Waals surface area contributed by atoms with Gasteiger partial charge < -0.3 is 9.84 Å². The maximum absolute atomic E-state index is 9.69. The minimum atomic E-state index is -0.0234. The van der Waals surface area contributed by atoms with Crippen molar-refractivity contribution in [2.75, 3.05) is 0 Å². The molecule has 0 aliphatic heterocycles. The van der Waals surface area contributed by atoms with Crippen LogP contribution in [0.4, 0.5) is 0 Å². The molecule has 0 atom stereocenters. The van der Waals surface area contributed by atoms with E-state index in [0.717, 1.165) is 27.6 Å². The van der Waals surface area contributed by atoms with Gasteiger partial charge in [-0.3, -0.25) is 0 Å². The Balaban J connectivity index is 1.92. The number of hydrogen-bond donors (Lipinski definition) is 1. The molecule has 0 amide bonds. The molecule has 0 bridgehead atoms. The lowest BCUT2D eigenvalue weighted by Crippen LogP contribution is -2.01. The molecule has 0 radical (unpaired) electrons. The van der Waals surface area contributed by atoms with E-state index in [1.165, 1.54) is 5.56 Å². The van der Waals surface area contributed by atoms with E-state index in [4.69, 9.17) is 4.74 Å². The van der Waals surface area contributed by atoms with Gasteiger partial charge in [0, 0.05) is 5.56 Å². The van der Waals surface area contributed by atoms with Gasteiger partial charge >= 0.3 is 0 Å². The largest absolute Gasteiger partial charge is 0.489 e. The van der Waals surface area contributed by atoms with Gasteiger partial charge in [0.25, 0.3) is 0 Å². The summed E-state index contributed by atoms with van der Waals surface area (Å²) >= 11 is 0. The molecule has 1 N–H and O–H groups in total. The molecule has 106 valence electrons. The SMILES string of the molecule is Cc1ccccc1COc1ccc2ccccc2c1CO. The van der Waals surface area contributed by atoms with Gasteiger partial charge in [0.2, 0.25) is 0 Å². The van der Waals surface area contributed by atoms with Crippen molar-refractivity contribution < 1.29 is 9.84 Å². The lowest BCUT2D eigenvalue weighted by atomic mass is 10.0. The summed E-state index contributed by atoms with van der Waals surface area (Å²) in [4.78, 5) is 0. The fraction of sp³-hybridized carbons (Fsp3) is 0.158. The molecule has 3 rings (SSSR count). The van der Waals surface area contributed by atoms with Crippen LogP contribution in [0.15, 0.2) is 60.7 Å². The molecule has 0 aromatic heterocycles. The average Bonchev–Trinajstić information content (AvgIpc) is 2.53. The number of aliphatic hydroxyl groups is 1. The Bertz CT molecular complexity index is 762. The van der Waals surface area contributed by atoms with Crippen LogP contribution in [-0.4, -0.2) is 5.11 Å². The maximum Gasteiger partial charge on any atom is 0.125 e. The zero-order chi connectivity index (χ0) is 14.7. The third kappa shape index (κ3) is 2.76. The topological polar surface area (TPSA) is 29.5 Å². The van der Waals surface area contributed by atoms with Crippen LogP contribution in [0.1, 0.15) is 16.7 Å². The second-order valence-electron chi connectivity index (χ2n) is 5.14. The molecule has 3 aromatic rings. The van der Waals surface area contributed by atoms with Crippen LogP contribution < -0.4 is 4.74 Å². The van der Waals surface area contributed by atoms with Crippen LogP contribution >= 0.6 is 0 Å².